The first-order chi connectivity index (χ1) is 8.76. The molecule has 19 heavy (non-hydrogen) atoms. The van der Waals surface area contributed by atoms with Crippen molar-refractivity contribution in [3.8, 4) is 0 Å². The molecule has 0 spiro atoms. The van der Waals surface area contributed by atoms with Crippen LogP contribution in [0.25, 0.3) is 0 Å². The van der Waals surface area contributed by atoms with Crippen LogP contribution in [0, 0.1) is 10.8 Å². The van der Waals surface area contributed by atoms with Crippen molar-refractivity contribution in [2.24, 2.45) is 16.6 Å². The summed E-state index contributed by atoms with van der Waals surface area (Å²) in [7, 11) is 0. The van der Waals surface area contributed by atoms with Gasteiger partial charge in [-0.05, 0) is 19.3 Å². The Morgan fingerprint density at radius 2 is 1.89 bits per heavy atom. The van der Waals surface area contributed by atoms with Crippen molar-refractivity contribution >= 4 is 5.91 Å². The van der Waals surface area contributed by atoms with Gasteiger partial charge in [0, 0.05) is 29.5 Å². The molecule has 1 amide bonds. The van der Waals surface area contributed by atoms with Crippen LogP contribution in [-0.4, -0.2) is 30.7 Å². The van der Waals surface area contributed by atoms with Crippen LogP contribution in [0.5, 0.6) is 0 Å². The lowest BCUT2D eigenvalue weighted by molar-refractivity contribution is -0.135. The Morgan fingerprint density at radius 1 is 1.26 bits per heavy atom. The van der Waals surface area contributed by atoms with E-state index in [-0.39, 0.29) is 34.9 Å². The Kier molecular flexibility index (Phi) is 3.94. The molecule has 1 saturated carbocycles. The Morgan fingerprint density at radius 3 is 2.42 bits per heavy atom. The van der Waals surface area contributed by atoms with Gasteiger partial charge in [-0.1, -0.05) is 27.7 Å². The molecule has 1 heterocycles. The van der Waals surface area contributed by atoms with Gasteiger partial charge in [-0.15, -0.1) is 0 Å². The third-order valence-electron chi connectivity index (χ3n) is 5.08. The third-order valence-corrected chi connectivity index (χ3v) is 5.08. The highest BCUT2D eigenvalue weighted by Crippen LogP contribution is 2.52. The average Bonchev–Trinajstić information content (AvgIpc) is 2.36. The molecule has 1 unspecified atom stereocenters. The van der Waals surface area contributed by atoms with Crippen molar-refractivity contribution in [1.82, 2.24) is 5.32 Å². The van der Waals surface area contributed by atoms with Crippen LogP contribution in [0.4, 0.5) is 0 Å². The number of carbonyl (C=O) groups excluding carboxylic acids is 1. The molecule has 4 heteroatoms. The van der Waals surface area contributed by atoms with Gasteiger partial charge in [0.2, 0.25) is 5.91 Å². The van der Waals surface area contributed by atoms with Crippen LogP contribution in [0.2, 0.25) is 0 Å². The minimum Gasteiger partial charge on any atom is -0.378 e. The predicted octanol–water partition coefficient (Wildman–Crippen LogP) is 1.82. The summed E-state index contributed by atoms with van der Waals surface area (Å²) in [4.78, 5) is 12.2. The van der Waals surface area contributed by atoms with Crippen LogP contribution < -0.4 is 11.1 Å². The van der Waals surface area contributed by atoms with E-state index in [1.807, 2.05) is 0 Å². The molecule has 2 fully saturated rings. The first kappa shape index (κ1) is 14.8. The molecule has 1 atom stereocenters. The first-order valence-electron chi connectivity index (χ1n) is 7.43. The molecule has 3 N–H and O–H groups in total. The minimum absolute atomic E-state index is 0.0351. The molecule has 0 aromatic carbocycles. The number of ether oxygens (including phenoxy) is 1. The number of amides is 1. The van der Waals surface area contributed by atoms with Crippen molar-refractivity contribution in [3.05, 3.63) is 0 Å². The Hall–Kier alpha value is -0.610. The van der Waals surface area contributed by atoms with Crippen LogP contribution in [-0.2, 0) is 9.53 Å². The zero-order valence-electron chi connectivity index (χ0n) is 12.7. The summed E-state index contributed by atoms with van der Waals surface area (Å²) in [6.45, 7) is 9.31. The van der Waals surface area contributed by atoms with Crippen molar-refractivity contribution in [2.45, 2.75) is 71.6 Å². The molecule has 4 nitrogen and oxygen atoms in total. The van der Waals surface area contributed by atoms with Crippen molar-refractivity contribution in [3.63, 3.8) is 0 Å². The second-order valence-electron chi connectivity index (χ2n) is 7.31. The number of rotatable bonds is 3. The van der Waals surface area contributed by atoms with E-state index in [4.69, 9.17) is 10.5 Å². The van der Waals surface area contributed by atoms with E-state index < -0.39 is 0 Å². The van der Waals surface area contributed by atoms with Crippen molar-refractivity contribution < 1.29 is 9.53 Å². The quantitative estimate of drug-likeness (QED) is 0.820. The van der Waals surface area contributed by atoms with Gasteiger partial charge >= 0.3 is 0 Å². The fourth-order valence-electron chi connectivity index (χ4n) is 3.95. The smallest absolute Gasteiger partial charge is 0.222 e. The summed E-state index contributed by atoms with van der Waals surface area (Å²) in [5, 5.41) is 3.18. The SMILES string of the molecule is CC1(C)C(N)C(C)(C)C1NC(=O)CC1CCCCO1. The summed E-state index contributed by atoms with van der Waals surface area (Å²) in [6.07, 6.45) is 3.88. The number of hydrogen-bond donors (Lipinski definition) is 2. The molecule has 110 valence electrons. The van der Waals surface area contributed by atoms with E-state index >= 15 is 0 Å². The highest BCUT2D eigenvalue weighted by Gasteiger charge is 2.60. The zero-order chi connectivity index (χ0) is 14.3. The molecule has 0 aromatic heterocycles. The lowest BCUT2D eigenvalue weighted by atomic mass is 9.48. The maximum absolute atomic E-state index is 12.2. The second kappa shape index (κ2) is 5.06. The van der Waals surface area contributed by atoms with Gasteiger partial charge in [0.15, 0.2) is 0 Å². The number of carbonyl (C=O) groups is 1. The van der Waals surface area contributed by atoms with Gasteiger partial charge in [0.25, 0.3) is 0 Å². The lowest BCUT2D eigenvalue weighted by Crippen LogP contribution is -2.76. The van der Waals surface area contributed by atoms with Crippen molar-refractivity contribution in [2.75, 3.05) is 6.61 Å². The highest BCUT2D eigenvalue weighted by molar-refractivity contribution is 5.77. The fraction of sp³-hybridized carbons (Fsp3) is 0.933. The number of hydrogen-bond acceptors (Lipinski definition) is 3. The Balaban J connectivity index is 1.88. The minimum atomic E-state index is -0.0351. The summed E-state index contributed by atoms with van der Waals surface area (Å²) in [6, 6.07) is 0.266. The second-order valence-corrected chi connectivity index (χ2v) is 7.31. The summed E-state index contributed by atoms with van der Waals surface area (Å²) >= 11 is 0. The maximum Gasteiger partial charge on any atom is 0.222 e. The molecule has 0 radical (unpaired) electrons. The van der Waals surface area contributed by atoms with E-state index in [1.54, 1.807) is 0 Å². The van der Waals surface area contributed by atoms with Gasteiger partial charge in [-0.25, -0.2) is 0 Å². The van der Waals surface area contributed by atoms with E-state index in [1.165, 1.54) is 6.42 Å². The first-order valence-corrected chi connectivity index (χ1v) is 7.43. The highest BCUT2D eigenvalue weighted by atomic mass is 16.5. The average molecular weight is 268 g/mol. The fourth-order valence-corrected chi connectivity index (χ4v) is 3.95. The van der Waals surface area contributed by atoms with Crippen LogP contribution in [0.15, 0.2) is 0 Å². The molecule has 2 aliphatic rings. The van der Waals surface area contributed by atoms with Gasteiger partial charge in [-0.3, -0.25) is 4.79 Å². The molecular formula is C15H28N2O2. The van der Waals surface area contributed by atoms with Crippen molar-refractivity contribution in [1.29, 1.82) is 0 Å². The predicted molar refractivity (Wildman–Crippen MR) is 75.7 cm³/mol. The molecular weight excluding hydrogens is 240 g/mol. The summed E-state index contributed by atoms with van der Waals surface area (Å²) < 4.78 is 5.62. The van der Waals surface area contributed by atoms with E-state index in [0.29, 0.717) is 6.42 Å². The number of nitrogens with two attached hydrogens (primary N) is 1. The largest absolute Gasteiger partial charge is 0.378 e. The van der Waals surface area contributed by atoms with Gasteiger partial charge in [0.05, 0.1) is 12.5 Å². The summed E-state index contributed by atoms with van der Waals surface area (Å²) in [5.41, 5.74) is 6.14. The van der Waals surface area contributed by atoms with Gasteiger partial charge in [0.1, 0.15) is 0 Å². The Bertz CT molecular complexity index is 330. The third kappa shape index (κ3) is 2.65. The molecule has 0 aromatic rings. The van der Waals surface area contributed by atoms with E-state index in [9.17, 15) is 4.79 Å². The molecule has 1 aliphatic heterocycles. The summed E-state index contributed by atoms with van der Waals surface area (Å²) in [5.74, 6) is 0.102. The topological polar surface area (TPSA) is 64.3 Å². The monoisotopic (exact) mass is 268 g/mol. The molecule has 2 rings (SSSR count). The lowest BCUT2D eigenvalue weighted by Gasteiger charge is -2.63. The van der Waals surface area contributed by atoms with E-state index in [0.717, 1.165) is 19.4 Å². The molecule has 1 aliphatic carbocycles. The van der Waals surface area contributed by atoms with E-state index in [2.05, 4.69) is 33.0 Å². The van der Waals surface area contributed by atoms with Crippen LogP contribution in [0.3, 0.4) is 0 Å². The molecule has 1 saturated heterocycles. The van der Waals surface area contributed by atoms with Gasteiger partial charge in [-0.2, -0.15) is 0 Å². The zero-order valence-corrected chi connectivity index (χ0v) is 12.7. The number of nitrogens with one attached hydrogen (secondary N) is 1. The standard InChI is InChI=1S/C15H28N2O2/c1-14(2)12(16)15(3,4)13(14)17-11(18)9-10-7-5-6-8-19-10/h10,12-13H,5-9,16H2,1-4H3,(H,17,18). The van der Waals surface area contributed by atoms with Crippen LogP contribution >= 0.6 is 0 Å². The van der Waals surface area contributed by atoms with Gasteiger partial charge < -0.3 is 15.8 Å². The maximum atomic E-state index is 12.2. The molecule has 0 bridgehead atoms. The Labute approximate surface area is 116 Å². The normalized spacial score (nSPS) is 36.4. The van der Waals surface area contributed by atoms with Crippen LogP contribution in [0.1, 0.15) is 53.4 Å².